The maximum Gasteiger partial charge on any atom is 0.118 e. The number of hydrogen-bond acceptors (Lipinski definition) is 3. The third-order valence-electron chi connectivity index (χ3n) is 3.11. The van der Waals surface area contributed by atoms with Gasteiger partial charge in [0.05, 0.1) is 18.5 Å². The van der Waals surface area contributed by atoms with E-state index < -0.39 is 0 Å². The van der Waals surface area contributed by atoms with Crippen LogP contribution in [0.15, 0.2) is 42.6 Å². The van der Waals surface area contributed by atoms with Gasteiger partial charge in [-0.2, -0.15) is 0 Å². The number of ether oxygens (including phenoxy) is 1. The summed E-state index contributed by atoms with van der Waals surface area (Å²) in [6.45, 7) is 4.19. The standard InChI is InChI=1S/C16H20N2O/c1-12(18-16-5-4-10-17-13(16)2)11-14-6-8-15(19-3)9-7-14/h4-10,12,18H,11H2,1-3H3. The van der Waals surface area contributed by atoms with Crippen LogP contribution in [0.2, 0.25) is 0 Å². The Bertz CT molecular complexity index is 523. The molecule has 3 nitrogen and oxygen atoms in total. The number of benzene rings is 1. The molecule has 0 aliphatic heterocycles. The van der Waals surface area contributed by atoms with Crippen LogP contribution in [0.5, 0.6) is 5.75 Å². The van der Waals surface area contributed by atoms with Crippen molar-refractivity contribution in [2.45, 2.75) is 26.3 Å². The van der Waals surface area contributed by atoms with Crippen molar-refractivity contribution in [1.82, 2.24) is 4.98 Å². The molecule has 1 unspecified atom stereocenters. The van der Waals surface area contributed by atoms with E-state index in [1.165, 1.54) is 5.56 Å². The molecule has 1 aromatic heterocycles. The van der Waals surface area contributed by atoms with E-state index in [2.05, 4.69) is 35.4 Å². The summed E-state index contributed by atoms with van der Waals surface area (Å²) < 4.78 is 5.16. The van der Waals surface area contributed by atoms with Crippen LogP contribution in [0, 0.1) is 6.92 Å². The fraction of sp³-hybridized carbons (Fsp3) is 0.312. The van der Waals surface area contributed by atoms with Crippen molar-refractivity contribution >= 4 is 5.69 Å². The SMILES string of the molecule is COc1ccc(CC(C)Nc2cccnc2C)cc1. The number of methoxy groups -OCH3 is 1. The predicted octanol–water partition coefficient (Wildman–Crippen LogP) is 3.44. The van der Waals surface area contributed by atoms with E-state index in [1.807, 2.05) is 31.3 Å². The van der Waals surface area contributed by atoms with Gasteiger partial charge in [0, 0.05) is 12.2 Å². The number of nitrogens with one attached hydrogen (secondary N) is 1. The second kappa shape index (κ2) is 6.23. The molecule has 2 aromatic rings. The highest BCUT2D eigenvalue weighted by molar-refractivity contribution is 5.47. The zero-order chi connectivity index (χ0) is 13.7. The van der Waals surface area contributed by atoms with Gasteiger partial charge in [-0.25, -0.2) is 0 Å². The van der Waals surface area contributed by atoms with Crippen LogP contribution in [0.25, 0.3) is 0 Å². The first-order chi connectivity index (χ1) is 9.19. The summed E-state index contributed by atoms with van der Waals surface area (Å²) in [6, 6.07) is 12.6. The van der Waals surface area contributed by atoms with Crippen molar-refractivity contribution in [1.29, 1.82) is 0 Å². The molecule has 0 aliphatic carbocycles. The van der Waals surface area contributed by atoms with Gasteiger partial charge in [0.15, 0.2) is 0 Å². The maximum absolute atomic E-state index is 5.16. The second-order valence-electron chi connectivity index (χ2n) is 4.73. The van der Waals surface area contributed by atoms with Gasteiger partial charge in [-0.05, 0) is 50.1 Å². The second-order valence-corrected chi connectivity index (χ2v) is 4.73. The highest BCUT2D eigenvalue weighted by atomic mass is 16.5. The molecule has 1 heterocycles. The Balaban J connectivity index is 1.97. The van der Waals surface area contributed by atoms with Gasteiger partial charge in [-0.1, -0.05) is 12.1 Å². The summed E-state index contributed by atoms with van der Waals surface area (Å²) in [4.78, 5) is 4.28. The summed E-state index contributed by atoms with van der Waals surface area (Å²) in [5.41, 5.74) is 3.43. The van der Waals surface area contributed by atoms with Gasteiger partial charge in [0.2, 0.25) is 0 Å². The molecule has 1 N–H and O–H groups in total. The quantitative estimate of drug-likeness (QED) is 0.889. The van der Waals surface area contributed by atoms with Crippen LogP contribution in [-0.2, 0) is 6.42 Å². The Morgan fingerprint density at radius 2 is 1.95 bits per heavy atom. The fourth-order valence-corrected chi connectivity index (χ4v) is 2.07. The maximum atomic E-state index is 5.16. The fourth-order valence-electron chi connectivity index (χ4n) is 2.07. The van der Waals surface area contributed by atoms with Gasteiger partial charge in [0.25, 0.3) is 0 Å². The first-order valence-corrected chi connectivity index (χ1v) is 6.50. The minimum atomic E-state index is 0.358. The number of pyridine rings is 1. The van der Waals surface area contributed by atoms with Crippen LogP contribution in [0.3, 0.4) is 0 Å². The highest BCUT2D eigenvalue weighted by Crippen LogP contribution is 2.16. The van der Waals surface area contributed by atoms with E-state index in [-0.39, 0.29) is 0 Å². The average molecular weight is 256 g/mol. The summed E-state index contributed by atoms with van der Waals surface area (Å²) in [5, 5.41) is 3.49. The molecule has 0 saturated carbocycles. The summed E-state index contributed by atoms with van der Waals surface area (Å²) in [6.07, 6.45) is 2.78. The normalized spacial score (nSPS) is 11.9. The molecule has 0 saturated heterocycles. The lowest BCUT2D eigenvalue weighted by Gasteiger charge is -2.16. The summed E-state index contributed by atoms with van der Waals surface area (Å²) in [7, 11) is 1.68. The molecule has 2 rings (SSSR count). The van der Waals surface area contributed by atoms with Gasteiger partial charge >= 0.3 is 0 Å². The van der Waals surface area contributed by atoms with Crippen LogP contribution in [-0.4, -0.2) is 18.1 Å². The molecular formula is C16H20N2O. The van der Waals surface area contributed by atoms with Crippen LogP contribution in [0.4, 0.5) is 5.69 Å². The monoisotopic (exact) mass is 256 g/mol. The zero-order valence-electron chi connectivity index (χ0n) is 11.7. The number of rotatable bonds is 5. The number of aromatic nitrogens is 1. The number of nitrogens with zero attached hydrogens (tertiary/aromatic N) is 1. The molecule has 0 spiro atoms. The Kier molecular flexibility index (Phi) is 4.39. The van der Waals surface area contributed by atoms with E-state index in [9.17, 15) is 0 Å². The van der Waals surface area contributed by atoms with Crippen LogP contribution < -0.4 is 10.1 Å². The smallest absolute Gasteiger partial charge is 0.118 e. The lowest BCUT2D eigenvalue weighted by Crippen LogP contribution is -2.18. The molecule has 1 aromatic carbocycles. The first-order valence-electron chi connectivity index (χ1n) is 6.50. The number of anilines is 1. The Morgan fingerprint density at radius 1 is 1.21 bits per heavy atom. The molecule has 100 valence electrons. The van der Waals surface area contributed by atoms with E-state index in [1.54, 1.807) is 7.11 Å². The molecule has 0 bridgehead atoms. The Morgan fingerprint density at radius 3 is 2.58 bits per heavy atom. The third kappa shape index (κ3) is 3.71. The summed E-state index contributed by atoms with van der Waals surface area (Å²) >= 11 is 0. The minimum absolute atomic E-state index is 0.358. The molecule has 0 radical (unpaired) electrons. The molecule has 0 aliphatic rings. The summed E-state index contributed by atoms with van der Waals surface area (Å²) in [5.74, 6) is 0.896. The highest BCUT2D eigenvalue weighted by Gasteiger charge is 2.05. The number of aryl methyl sites for hydroxylation is 1. The molecular weight excluding hydrogens is 236 g/mol. The van der Waals surface area contributed by atoms with Gasteiger partial charge in [-0.15, -0.1) is 0 Å². The zero-order valence-corrected chi connectivity index (χ0v) is 11.7. The minimum Gasteiger partial charge on any atom is -0.497 e. The Hall–Kier alpha value is -2.03. The van der Waals surface area contributed by atoms with Crippen molar-refractivity contribution in [2.75, 3.05) is 12.4 Å². The molecule has 0 fully saturated rings. The van der Waals surface area contributed by atoms with Crippen LogP contribution in [0.1, 0.15) is 18.2 Å². The van der Waals surface area contributed by atoms with E-state index in [0.29, 0.717) is 6.04 Å². The van der Waals surface area contributed by atoms with Crippen LogP contribution >= 0.6 is 0 Å². The molecule has 19 heavy (non-hydrogen) atoms. The lowest BCUT2D eigenvalue weighted by atomic mass is 10.1. The third-order valence-corrected chi connectivity index (χ3v) is 3.11. The van der Waals surface area contributed by atoms with Gasteiger partial charge in [-0.3, -0.25) is 4.98 Å². The van der Waals surface area contributed by atoms with E-state index in [0.717, 1.165) is 23.6 Å². The van der Waals surface area contributed by atoms with E-state index in [4.69, 9.17) is 4.74 Å². The van der Waals surface area contributed by atoms with Gasteiger partial charge in [0.1, 0.15) is 5.75 Å². The van der Waals surface area contributed by atoms with Crippen molar-refractivity contribution < 1.29 is 4.74 Å². The lowest BCUT2D eigenvalue weighted by molar-refractivity contribution is 0.414. The molecule has 3 heteroatoms. The van der Waals surface area contributed by atoms with Crippen molar-refractivity contribution in [2.24, 2.45) is 0 Å². The Labute approximate surface area is 114 Å². The van der Waals surface area contributed by atoms with Crippen molar-refractivity contribution in [3.05, 3.63) is 53.9 Å². The molecule has 0 amide bonds. The molecule has 1 atom stereocenters. The predicted molar refractivity (Wildman–Crippen MR) is 78.8 cm³/mol. The first kappa shape index (κ1) is 13.4. The average Bonchev–Trinajstić information content (AvgIpc) is 2.42. The van der Waals surface area contributed by atoms with Gasteiger partial charge < -0.3 is 10.1 Å². The van der Waals surface area contributed by atoms with Crippen molar-refractivity contribution in [3.63, 3.8) is 0 Å². The number of hydrogen-bond donors (Lipinski definition) is 1. The van der Waals surface area contributed by atoms with E-state index >= 15 is 0 Å². The topological polar surface area (TPSA) is 34.1 Å². The largest absolute Gasteiger partial charge is 0.497 e. The van der Waals surface area contributed by atoms with Crippen molar-refractivity contribution in [3.8, 4) is 5.75 Å².